The highest BCUT2D eigenvalue weighted by Crippen LogP contribution is 2.22. The number of benzene rings is 1. The summed E-state index contributed by atoms with van der Waals surface area (Å²) in [5.74, 6) is -0.786. The van der Waals surface area contributed by atoms with Crippen LogP contribution >= 0.6 is 35.1 Å². The van der Waals surface area contributed by atoms with Gasteiger partial charge >= 0.3 is 0 Å². The Morgan fingerprint density at radius 2 is 1.90 bits per heavy atom. The number of rotatable bonds is 6. The SMILES string of the molecule is C=C.C=CSNC.CS(=O)(=O)c1cc(Cl)ccc1Cn1cc(Cl)cc(C(N)=O)c1=N. The molecule has 2 rings (SSSR count). The molecule has 0 aliphatic carbocycles. The Balaban J connectivity index is 0.00000105. The molecule has 0 fully saturated rings. The molecular weight excluding hydrogens is 467 g/mol. The lowest BCUT2D eigenvalue weighted by Crippen LogP contribution is -2.30. The number of primary amides is 1. The van der Waals surface area contributed by atoms with Crippen molar-refractivity contribution < 1.29 is 13.2 Å². The molecule has 0 aliphatic rings. The van der Waals surface area contributed by atoms with E-state index in [4.69, 9.17) is 34.3 Å². The zero-order valence-corrected chi connectivity index (χ0v) is 19.8. The number of aromatic nitrogens is 1. The van der Waals surface area contributed by atoms with Gasteiger partial charge in [0.1, 0.15) is 5.49 Å². The van der Waals surface area contributed by atoms with Crippen LogP contribution in [-0.4, -0.2) is 32.2 Å². The molecule has 2 aromatic rings. The smallest absolute Gasteiger partial charge is 0.252 e. The number of nitrogens with zero attached hydrogens (tertiary/aromatic N) is 1. The molecule has 7 nitrogen and oxygen atoms in total. The highest BCUT2D eigenvalue weighted by molar-refractivity contribution is 8.00. The van der Waals surface area contributed by atoms with Crippen molar-refractivity contribution in [2.45, 2.75) is 11.4 Å². The Morgan fingerprint density at radius 3 is 2.33 bits per heavy atom. The van der Waals surface area contributed by atoms with Gasteiger partial charge in [-0.15, -0.1) is 13.2 Å². The van der Waals surface area contributed by atoms with Gasteiger partial charge in [-0.05, 0) is 36.2 Å². The number of hydrogen-bond acceptors (Lipinski definition) is 6. The maximum absolute atomic E-state index is 11.9. The van der Waals surface area contributed by atoms with E-state index in [1.54, 1.807) is 17.5 Å². The number of amides is 1. The van der Waals surface area contributed by atoms with Crippen LogP contribution in [0.5, 0.6) is 0 Å². The molecule has 1 aromatic carbocycles. The molecule has 0 bridgehead atoms. The number of carbonyl (C=O) groups is 1. The Labute approximate surface area is 191 Å². The van der Waals surface area contributed by atoms with Crippen LogP contribution in [0.1, 0.15) is 15.9 Å². The number of pyridine rings is 1. The fraction of sp³-hybridized carbons (Fsp3) is 0.158. The third-order valence-corrected chi connectivity index (χ3v) is 5.36. The second kappa shape index (κ2) is 13.3. The fourth-order valence-corrected chi connectivity index (χ4v) is 3.78. The van der Waals surface area contributed by atoms with E-state index in [1.807, 2.05) is 7.05 Å². The number of hydrogen-bond donors (Lipinski definition) is 3. The summed E-state index contributed by atoms with van der Waals surface area (Å²) in [5.41, 5.74) is 5.44. The minimum atomic E-state index is -3.51. The third kappa shape index (κ3) is 8.76. The molecule has 4 N–H and O–H groups in total. The molecule has 0 radical (unpaired) electrons. The summed E-state index contributed by atoms with van der Waals surface area (Å²) >= 11 is 13.3. The van der Waals surface area contributed by atoms with Crippen LogP contribution in [-0.2, 0) is 16.4 Å². The van der Waals surface area contributed by atoms with Crippen molar-refractivity contribution in [3.05, 3.63) is 82.3 Å². The number of nitrogens with two attached hydrogens (primary N) is 1. The van der Waals surface area contributed by atoms with Crippen LogP contribution in [0.3, 0.4) is 0 Å². The third-order valence-electron chi connectivity index (χ3n) is 3.34. The Hall–Kier alpha value is -2.04. The van der Waals surface area contributed by atoms with E-state index in [9.17, 15) is 13.2 Å². The molecule has 0 spiro atoms. The number of sulfone groups is 1. The predicted molar refractivity (Wildman–Crippen MR) is 126 cm³/mol. The summed E-state index contributed by atoms with van der Waals surface area (Å²) in [5, 5.41) is 10.3. The van der Waals surface area contributed by atoms with Gasteiger partial charge in [0.05, 0.1) is 22.0 Å². The zero-order chi connectivity index (χ0) is 23.5. The van der Waals surface area contributed by atoms with Gasteiger partial charge in [0, 0.05) is 17.5 Å². The lowest BCUT2D eigenvalue weighted by atomic mass is 10.2. The van der Waals surface area contributed by atoms with E-state index in [0.717, 1.165) is 6.26 Å². The van der Waals surface area contributed by atoms with Gasteiger partial charge < -0.3 is 10.3 Å². The topological polar surface area (TPSA) is 118 Å². The lowest BCUT2D eigenvalue weighted by Gasteiger charge is -2.13. The maximum atomic E-state index is 11.9. The minimum absolute atomic E-state index is 0.0270. The van der Waals surface area contributed by atoms with Gasteiger partial charge in [-0.1, -0.05) is 47.8 Å². The van der Waals surface area contributed by atoms with Crippen LogP contribution in [0, 0.1) is 5.41 Å². The first-order valence-electron chi connectivity index (χ1n) is 8.17. The van der Waals surface area contributed by atoms with Gasteiger partial charge in [0.25, 0.3) is 5.91 Å². The van der Waals surface area contributed by atoms with Crippen molar-refractivity contribution in [3.8, 4) is 0 Å². The largest absolute Gasteiger partial charge is 0.365 e. The van der Waals surface area contributed by atoms with Crippen molar-refractivity contribution in [1.82, 2.24) is 9.29 Å². The molecule has 1 aromatic heterocycles. The molecule has 30 heavy (non-hydrogen) atoms. The van der Waals surface area contributed by atoms with Gasteiger partial charge in [-0.25, -0.2) is 8.42 Å². The van der Waals surface area contributed by atoms with Crippen LogP contribution in [0.4, 0.5) is 0 Å². The molecule has 164 valence electrons. The summed E-state index contributed by atoms with van der Waals surface area (Å²) in [6.07, 6.45) is 2.50. The van der Waals surface area contributed by atoms with Crippen molar-refractivity contribution in [2.75, 3.05) is 13.3 Å². The predicted octanol–water partition coefficient (Wildman–Crippen LogP) is 3.62. The average Bonchev–Trinajstić information content (AvgIpc) is 2.67. The van der Waals surface area contributed by atoms with Gasteiger partial charge in [0.2, 0.25) is 0 Å². The van der Waals surface area contributed by atoms with E-state index in [-0.39, 0.29) is 32.5 Å². The van der Waals surface area contributed by atoms with E-state index < -0.39 is 15.7 Å². The average molecular weight is 491 g/mol. The number of nitrogens with one attached hydrogen (secondary N) is 2. The summed E-state index contributed by atoms with van der Waals surface area (Å²) in [4.78, 5) is 11.4. The second-order valence-corrected chi connectivity index (χ2v) is 9.26. The second-order valence-electron chi connectivity index (χ2n) is 5.43. The Morgan fingerprint density at radius 1 is 1.30 bits per heavy atom. The summed E-state index contributed by atoms with van der Waals surface area (Å²) < 4.78 is 28.0. The van der Waals surface area contributed by atoms with Crippen molar-refractivity contribution in [2.24, 2.45) is 5.73 Å². The van der Waals surface area contributed by atoms with Crippen molar-refractivity contribution in [1.29, 1.82) is 5.41 Å². The fourth-order valence-electron chi connectivity index (χ4n) is 2.20. The molecule has 0 unspecified atom stereocenters. The molecule has 11 heteroatoms. The molecule has 1 heterocycles. The normalized spacial score (nSPS) is 10.1. The van der Waals surface area contributed by atoms with E-state index in [2.05, 4.69) is 24.5 Å². The lowest BCUT2D eigenvalue weighted by molar-refractivity contribution is 0.0997. The zero-order valence-electron chi connectivity index (χ0n) is 16.6. The van der Waals surface area contributed by atoms with Crippen LogP contribution in [0.2, 0.25) is 10.0 Å². The molecular formula is C19H24Cl2N4O3S2. The van der Waals surface area contributed by atoms with Gasteiger partial charge in [-0.3, -0.25) is 14.9 Å². The van der Waals surface area contributed by atoms with Crippen LogP contribution < -0.4 is 15.9 Å². The van der Waals surface area contributed by atoms with Crippen LogP contribution in [0.15, 0.2) is 60.5 Å². The molecule has 1 amide bonds. The highest BCUT2D eigenvalue weighted by atomic mass is 35.5. The van der Waals surface area contributed by atoms with Gasteiger partial charge in [0.15, 0.2) is 9.84 Å². The molecule has 0 saturated heterocycles. The van der Waals surface area contributed by atoms with Crippen molar-refractivity contribution in [3.63, 3.8) is 0 Å². The molecule has 0 atom stereocenters. The first-order valence-corrected chi connectivity index (χ1v) is 11.7. The van der Waals surface area contributed by atoms with Crippen molar-refractivity contribution >= 4 is 50.9 Å². The molecule has 0 aliphatic heterocycles. The Kier molecular flexibility index (Phi) is 12.4. The first kappa shape index (κ1) is 28.0. The molecule has 0 saturated carbocycles. The van der Waals surface area contributed by atoms with E-state index in [0.29, 0.717) is 5.56 Å². The summed E-state index contributed by atoms with van der Waals surface area (Å²) in [6.45, 7) is 9.48. The quantitative estimate of drug-likeness (QED) is 0.421. The Bertz CT molecular complexity index is 1050. The monoisotopic (exact) mass is 490 g/mol. The van der Waals surface area contributed by atoms with E-state index >= 15 is 0 Å². The standard InChI is InChI=1S/C14H13Cl2N3O3S.C3H7NS.C2H4/c1-23(21,22)12-5-9(15)3-2-8(12)6-19-7-10(16)4-11(13(19)17)14(18)20;1-3-5-4-2;1-2/h2-5,7,17H,6H2,1H3,(H2,18,20);3-4H,1H2,2H3;1-2H2. The number of halogens is 2. The van der Waals surface area contributed by atoms with E-state index in [1.165, 1.54) is 34.8 Å². The maximum Gasteiger partial charge on any atom is 0.252 e. The minimum Gasteiger partial charge on any atom is -0.365 e. The van der Waals surface area contributed by atoms with Crippen LogP contribution in [0.25, 0.3) is 0 Å². The highest BCUT2D eigenvalue weighted by Gasteiger charge is 2.16. The first-order chi connectivity index (χ1) is 14.0. The number of carbonyl (C=O) groups excluding carboxylic acids is 1. The summed E-state index contributed by atoms with van der Waals surface area (Å²) in [6, 6.07) is 5.74. The van der Waals surface area contributed by atoms with Gasteiger partial charge in [-0.2, -0.15) is 0 Å². The summed E-state index contributed by atoms with van der Waals surface area (Å²) in [7, 11) is -1.66.